The molecule has 0 spiro atoms. The van der Waals surface area contributed by atoms with Crippen LogP contribution in [0.15, 0.2) is 64.7 Å². The third-order valence-electron chi connectivity index (χ3n) is 5.21. The molecule has 162 valence electrons. The third kappa shape index (κ3) is 4.18. The van der Waals surface area contributed by atoms with Crippen LogP contribution in [0.4, 0.5) is 4.79 Å². The minimum Gasteiger partial charge on any atom is -0.465 e. The van der Waals surface area contributed by atoms with Gasteiger partial charge in [0, 0.05) is 11.6 Å². The zero-order valence-electron chi connectivity index (χ0n) is 18.0. The topological polar surface area (TPSA) is 88.9 Å². The van der Waals surface area contributed by atoms with Gasteiger partial charge in [0.25, 0.3) is 5.91 Å². The Morgan fingerprint density at radius 3 is 2.62 bits per heavy atom. The Balaban J connectivity index is 1.54. The first-order chi connectivity index (χ1) is 15.4. The van der Waals surface area contributed by atoms with Crippen LogP contribution in [0.25, 0.3) is 17.4 Å². The second kappa shape index (κ2) is 8.55. The molecule has 0 aliphatic carbocycles. The molecule has 4 rings (SSSR count). The molecule has 1 aromatic heterocycles. The van der Waals surface area contributed by atoms with Crippen molar-refractivity contribution in [1.29, 1.82) is 0 Å². The number of benzene rings is 2. The zero-order valence-corrected chi connectivity index (χ0v) is 18.0. The van der Waals surface area contributed by atoms with E-state index in [2.05, 4.69) is 5.32 Å². The highest BCUT2D eigenvalue weighted by Gasteiger charge is 2.33. The average Bonchev–Trinajstić information content (AvgIpc) is 3.33. The monoisotopic (exact) mass is 430 g/mol. The SMILES string of the molecule is COC(=O)c1ccc(-c2ccc(/C=C3/NC(=O)N(Cc4cccc(C)c4)C3=O)o2)c(C)c1. The van der Waals surface area contributed by atoms with Crippen LogP contribution in [0.1, 0.15) is 32.8 Å². The molecule has 0 bridgehead atoms. The fraction of sp³-hybridized carbons (Fsp3) is 0.160. The van der Waals surface area contributed by atoms with Crippen LogP contribution in [0.2, 0.25) is 0 Å². The summed E-state index contributed by atoms with van der Waals surface area (Å²) < 4.78 is 10.6. The number of carbonyl (C=O) groups excluding carboxylic acids is 3. The molecule has 1 aliphatic heterocycles. The third-order valence-corrected chi connectivity index (χ3v) is 5.21. The Bertz CT molecular complexity index is 1250. The molecule has 0 unspecified atom stereocenters. The Labute approximate surface area is 185 Å². The molecule has 0 radical (unpaired) electrons. The molecular formula is C25H22N2O5. The molecule has 0 atom stereocenters. The maximum absolute atomic E-state index is 12.8. The molecular weight excluding hydrogens is 408 g/mol. The van der Waals surface area contributed by atoms with Crippen molar-refractivity contribution in [2.45, 2.75) is 20.4 Å². The van der Waals surface area contributed by atoms with Crippen LogP contribution < -0.4 is 5.32 Å². The van der Waals surface area contributed by atoms with Gasteiger partial charge in [0.1, 0.15) is 17.2 Å². The minimum absolute atomic E-state index is 0.154. The van der Waals surface area contributed by atoms with Crippen LogP contribution in [0.3, 0.4) is 0 Å². The number of rotatable bonds is 5. The number of nitrogens with one attached hydrogen (secondary N) is 1. The molecule has 2 heterocycles. The zero-order chi connectivity index (χ0) is 22.8. The number of nitrogens with zero attached hydrogens (tertiary/aromatic N) is 1. The van der Waals surface area contributed by atoms with Gasteiger partial charge in [0.05, 0.1) is 19.2 Å². The molecule has 1 fully saturated rings. The smallest absolute Gasteiger partial charge is 0.337 e. The maximum Gasteiger partial charge on any atom is 0.337 e. The number of aryl methyl sites for hydroxylation is 2. The van der Waals surface area contributed by atoms with Crippen molar-refractivity contribution in [2.75, 3.05) is 7.11 Å². The Morgan fingerprint density at radius 2 is 1.91 bits per heavy atom. The van der Waals surface area contributed by atoms with Crippen LogP contribution in [-0.4, -0.2) is 29.9 Å². The first kappa shape index (κ1) is 21.1. The summed E-state index contributed by atoms with van der Waals surface area (Å²) in [6, 6.07) is 15.9. The first-order valence-electron chi connectivity index (χ1n) is 10.0. The van der Waals surface area contributed by atoms with E-state index >= 15 is 0 Å². The highest BCUT2D eigenvalue weighted by Crippen LogP contribution is 2.28. The maximum atomic E-state index is 12.8. The van der Waals surface area contributed by atoms with Gasteiger partial charge in [-0.25, -0.2) is 9.59 Å². The highest BCUT2D eigenvalue weighted by atomic mass is 16.5. The van der Waals surface area contributed by atoms with E-state index in [4.69, 9.17) is 9.15 Å². The summed E-state index contributed by atoms with van der Waals surface area (Å²) in [6.45, 7) is 4.02. The molecule has 7 nitrogen and oxygen atoms in total. The fourth-order valence-corrected chi connectivity index (χ4v) is 3.61. The lowest BCUT2D eigenvalue weighted by Gasteiger charge is -2.12. The molecule has 1 saturated heterocycles. The van der Waals surface area contributed by atoms with Crippen molar-refractivity contribution in [2.24, 2.45) is 0 Å². The molecule has 0 saturated carbocycles. The number of hydrogen-bond acceptors (Lipinski definition) is 5. The number of furan rings is 1. The lowest BCUT2D eigenvalue weighted by Crippen LogP contribution is -2.30. The van der Waals surface area contributed by atoms with Gasteiger partial charge in [-0.3, -0.25) is 9.69 Å². The van der Waals surface area contributed by atoms with E-state index < -0.39 is 17.9 Å². The summed E-state index contributed by atoms with van der Waals surface area (Å²) in [6.07, 6.45) is 1.51. The van der Waals surface area contributed by atoms with Crippen molar-refractivity contribution < 1.29 is 23.5 Å². The van der Waals surface area contributed by atoms with Gasteiger partial charge >= 0.3 is 12.0 Å². The molecule has 1 aliphatic rings. The van der Waals surface area contributed by atoms with E-state index in [1.54, 1.807) is 30.3 Å². The summed E-state index contributed by atoms with van der Waals surface area (Å²) in [7, 11) is 1.34. The van der Waals surface area contributed by atoms with Gasteiger partial charge in [0.15, 0.2) is 0 Å². The summed E-state index contributed by atoms with van der Waals surface area (Å²) >= 11 is 0. The minimum atomic E-state index is -0.469. The molecule has 3 amide bonds. The van der Waals surface area contributed by atoms with Crippen LogP contribution in [0, 0.1) is 13.8 Å². The number of urea groups is 1. The summed E-state index contributed by atoms with van der Waals surface area (Å²) in [5.41, 5.74) is 4.20. The van der Waals surface area contributed by atoms with Gasteiger partial charge in [-0.1, -0.05) is 35.9 Å². The molecule has 3 aromatic rings. The Morgan fingerprint density at radius 1 is 1.09 bits per heavy atom. The van der Waals surface area contributed by atoms with E-state index in [-0.39, 0.29) is 12.2 Å². The number of hydrogen-bond donors (Lipinski definition) is 1. The van der Waals surface area contributed by atoms with Gasteiger partial charge in [0.2, 0.25) is 0 Å². The van der Waals surface area contributed by atoms with Gasteiger partial charge in [-0.15, -0.1) is 0 Å². The summed E-state index contributed by atoms with van der Waals surface area (Å²) in [4.78, 5) is 38.0. The quantitative estimate of drug-likeness (QED) is 0.367. The van der Waals surface area contributed by atoms with Crippen molar-refractivity contribution in [3.8, 4) is 11.3 Å². The van der Waals surface area contributed by atoms with E-state index in [9.17, 15) is 14.4 Å². The average molecular weight is 430 g/mol. The second-order valence-corrected chi connectivity index (χ2v) is 7.59. The number of amides is 3. The van der Waals surface area contributed by atoms with E-state index in [0.29, 0.717) is 17.1 Å². The molecule has 7 heteroatoms. The number of imide groups is 1. The fourth-order valence-electron chi connectivity index (χ4n) is 3.61. The summed E-state index contributed by atoms with van der Waals surface area (Å²) in [5.74, 6) is 0.194. The lowest BCUT2D eigenvalue weighted by atomic mass is 10.0. The predicted octanol–water partition coefficient (Wildman–Crippen LogP) is 4.44. The largest absolute Gasteiger partial charge is 0.465 e. The summed E-state index contributed by atoms with van der Waals surface area (Å²) in [5, 5.41) is 2.61. The molecule has 2 aromatic carbocycles. The van der Waals surface area contributed by atoms with Crippen molar-refractivity contribution in [3.05, 3.63) is 88.3 Å². The van der Waals surface area contributed by atoms with Gasteiger partial charge in [-0.2, -0.15) is 0 Å². The highest BCUT2D eigenvalue weighted by molar-refractivity contribution is 6.13. The van der Waals surface area contributed by atoms with Crippen molar-refractivity contribution >= 4 is 24.0 Å². The standard InChI is InChI=1S/C25H22N2O5/c1-15-5-4-6-17(11-15)14-27-23(28)21(26-25(27)30)13-19-8-10-22(32-19)20-9-7-18(12-16(20)2)24(29)31-3/h4-13H,14H2,1-3H3,(H,26,30)/b21-13+. The molecule has 1 N–H and O–H groups in total. The lowest BCUT2D eigenvalue weighted by molar-refractivity contribution is -0.123. The van der Waals surface area contributed by atoms with Crippen LogP contribution in [0.5, 0.6) is 0 Å². The number of methoxy groups -OCH3 is 1. The molecule has 32 heavy (non-hydrogen) atoms. The normalized spacial score (nSPS) is 14.7. The Kier molecular flexibility index (Phi) is 5.64. The van der Waals surface area contributed by atoms with E-state index in [0.717, 1.165) is 22.3 Å². The van der Waals surface area contributed by atoms with Crippen molar-refractivity contribution in [1.82, 2.24) is 10.2 Å². The van der Waals surface area contributed by atoms with E-state index in [1.807, 2.05) is 38.1 Å². The number of ether oxygens (including phenoxy) is 1. The second-order valence-electron chi connectivity index (χ2n) is 7.59. The van der Waals surface area contributed by atoms with Crippen LogP contribution >= 0.6 is 0 Å². The van der Waals surface area contributed by atoms with E-state index in [1.165, 1.54) is 18.1 Å². The first-order valence-corrected chi connectivity index (χ1v) is 10.0. The van der Waals surface area contributed by atoms with Crippen LogP contribution in [-0.2, 0) is 16.1 Å². The van der Waals surface area contributed by atoms with Crippen molar-refractivity contribution in [3.63, 3.8) is 0 Å². The predicted molar refractivity (Wildman–Crippen MR) is 118 cm³/mol. The van der Waals surface area contributed by atoms with Gasteiger partial charge < -0.3 is 14.5 Å². The Hall–Kier alpha value is -4.13. The number of esters is 1. The van der Waals surface area contributed by atoms with Gasteiger partial charge in [-0.05, 0) is 49.2 Å². The number of carbonyl (C=O) groups is 3.